The highest BCUT2D eigenvalue weighted by atomic mass is 79.9. The summed E-state index contributed by atoms with van der Waals surface area (Å²) in [6.45, 7) is 1.48. The smallest absolute Gasteiger partial charge is 0.328 e. The first kappa shape index (κ1) is 9.70. The Morgan fingerprint density at radius 1 is 1.75 bits per heavy atom. The third-order valence-corrected chi connectivity index (χ3v) is 3.39. The highest BCUT2D eigenvalue weighted by Crippen LogP contribution is 2.29. The molecule has 0 spiro atoms. The third kappa shape index (κ3) is 1.68. The Kier molecular flexibility index (Phi) is 2.55. The van der Waals surface area contributed by atoms with Gasteiger partial charge in [-0.15, -0.1) is 11.3 Å². The molecule has 0 bridgehead atoms. The Bertz CT molecular complexity index is 308. The van der Waals surface area contributed by atoms with Crippen molar-refractivity contribution in [3.05, 3.63) is 20.8 Å². The van der Waals surface area contributed by atoms with Crippen LogP contribution in [-0.2, 0) is 10.3 Å². The molecule has 5 heteroatoms. The molecule has 0 aliphatic rings. The molecule has 1 aromatic rings. The normalized spacial score (nSPS) is 15.6. The van der Waals surface area contributed by atoms with Gasteiger partial charge in [-0.3, -0.25) is 0 Å². The van der Waals surface area contributed by atoms with Crippen molar-refractivity contribution in [1.29, 1.82) is 0 Å². The summed E-state index contributed by atoms with van der Waals surface area (Å²) in [6.07, 6.45) is 0. The lowest BCUT2D eigenvalue weighted by Crippen LogP contribution is -2.40. The number of rotatable bonds is 2. The Balaban J connectivity index is 3.05. The number of aliphatic carboxylic acids is 1. The average Bonchev–Trinajstić information content (AvgIpc) is 2.35. The summed E-state index contributed by atoms with van der Waals surface area (Å²) < 4.78 is 0.885. The lowest BCUT2D eigenvalue weighted by Gasteiger charge is -2.16. The van der Waals surface area contributed by atoms with Gasteiger partial charge in [-0.25, -0.2) is 4.79 Å². The number of carbonyl (C=O) groups is 1. The van der Waals surface area contributed by atoms with Crippen LogP contribution in [0, 0.1) is 0 Å². The first-order chi connectivity index (χ1) is 5.44. The topological polar surface area (TPSA) is 63.3 Å². The Morgan fingerprint density at radius 3 is 2.67 bits per heavy atom. The number of halogens is 1. The van der Waals surface area contributed by atoms with Crippen molar-refractivity contribution in [1.82, 2.24) is 0 Å². The van der Waals surface area contributed by atoms with Gasteiger partial charge in [0.05, 0.1) is 3.79 Å². The van der Waals surface area contributed by atoms with E-state index in [0.29, 0.717) is 4.88 Å². The van der Waals surface area contributed by atoms with Gasteiger partial charge in [-0.05, 0) is 35.0 Å². The van der Waals surface area contributed by atoms with E-state index in [1.807, 2.05) is 0 Å². The van der Waals surface area contributed by atoms with Gasteiger partial charge in [0.1, 0.15) is 5.54 Å². The average molecular weight is 250 g/mol. The molecule has 0 amide bonds. The summed E-state index contributed by atoms with van der Waals surface area (Å²) in [5, 5.41) is 8.77. The van der Waals surface area contributed by atoms with Crippen molar-refractivity contribution in [3.8, 4) is 0 Å². The number of hydrogen-bond donors (Lipinski definition) is 2. The molecule has 1 heterocycles. The highest BCUT2D eigenvalue weighted by Gasteiger charge is 2.31. The fourth-order valence-electron chi connectivity index (χ4n) is 0.699. The van der Waals surface area contributed by atoms with E-state index < -0.39 is 11.5 Å². The standard InChI is InChI=1S/C7H8BrNO2S/c1-7(9,6(10)11)4-2-3-5(8)12-4/h2-3H,9H2,1H3,(H,10,11)/t7-/m1/s1. The Labute approximate surface area is 82.3 Å². The van der Waals surface area contributed by atoms with E-state index in [2.05, 4.69) is 15.9 Å². The first-order valence-electron chi connectivity index (χ1n) is 3.22. The second kappa shape index (κ2) is 3.16. The summed E-state index contributed by atoms with van der Waals surface area (Å²) in [7, 11) is 0. The molecule has 1 rings (SSSR count). The van der Waals surface area contributed by atoms with Crippen molar-refractivity contribution < 1.29 is 9.90 Å². The van der Waals surface area contributed by atoms with Gasteiger partial charge in [0, 0.05) is 4.88 Å². The summed E-state index contributed by atoms with van der Waals surface area (Å²) in [5.74, 6) is -1.02. The molecule has 3 N–H and O–H groups in total. The van der Waals surface area contributed by atoms with Crippen LogP contribution in [0.4, 0.5) is 0 Å². The van der Waals surface area contributed by atoms with Gasteiger partial charge in [-0.2, -0.15) is 0 Å². The van der Waals surface area contributed by atoms with E-state index in [9.17, 15) is 4.79 Å². The molecule has 66 valence electrons. The number of thiophene rings is 1. The maximum Gasteiger partial charge on any atom is 0.328 e. The van der Waals surface area contributed by atoms with E-state index in [0.717, 1.165) is 3.79 Å². The molecule has 0 radical (unpaired) electrons. The molecule has 0 saturated carbocycles. The van der Waals surface area contributed by atoms with E-state index in [1.54, 1.807) is 12.1 Å². The predicted octanol–water partition coefficient (Wildman–Crippen LogP) is 1.77. The maximum atomic E-state index is 10.7. The zero-order valence-corrected chi connectivity index (χ0v) is 8.78. The SMILES string of the molecule is C[C@](N)(C(=O)O)c1ccc(Br)s1. The van der Waals surface area contributed by atoms with Crippen LogP contribution in [0.2, 0.25) is 0 Å². The van der Waals surface area contributed by atoms with Crippen LogP contribution >= 0.6 is 27.3 Å². The second-order valence-corrected chi connectivity index (χ2v) is 5.07. The molecule has 12 heavy (non-hydrogen) atoms. The van der Waals surface area contributed by atoms with Gasteiger partial charge in [-0.1, -0.05) is 0 Å². The zero-order valence-electron chi connectivity index (χ0n) is 6.37. The zero-order chi connectivity index (χ0) is 9.35. The minimum Gasteiger partial charge on any atom is -0.480 e. The number of carboxylic acids is 1. The molecule has 1 aromatic heterocycles. The van der Waals surface area contributed by atoms with Crippen molar-refractivity contribution in [3.63, 3.8) is 0 Å². The number of hydrogen-bond acceptors (Lipinski definition) is 3. The summed E-state index contributed by atoms with van der Waals surface area (Å²) in [5.41, 5.74) is 4.30. The molecule has 0 aliphatic carbocycles. The van der Waals surface area contributed by atoms with Gasteiger partial charge in [0.15, 0.2) is 0 Å². The second-order valence-electron chi connectivity index (χ2n) is 2.61. The predicted molar refractivity (Wildman–Crippen MR) is 51.2 cm³/mol. The number of nitrogens with two attached hydrogens (primary N) is 1. The highest BCUT2D eigenvalue weighted by molar-refractivity contribution is 9.11. The minimum atomic E-state index is -1.28. The van der Waals surface area contributed by atoms with E-state index in [-0.39, 0.29) is 0 Å². The molecule has 0 aromatic carbocycles. The first-order valence-corrected chi connectivity index (χ1v) is 4.83. The van der Waals surface area contributed by atoms with E-state index in [4.69, 9.17) is 10.8 Å². The lowest BCUT2D eigenvalue weighted by atomic mass is 10.0. The number of carboxylic acid groups (broad SMARTS) is 1. The van der Waals surface area contributed by atoms with Crippen LogP contribution in [0.3, 0.4) is 0 Å². The fourth-order valence-corrected chi connectivity index (χ4v) is 2.14. The van der Waals surface area contributed by atoms with Gasteiger partial charge < -0.3 is 10.8 Å². The van der Waals surface area contributed by atoms with Crippen molar-refractivity contribution in [2.75, 3.05) is 0 Å². The van der Waals surface area contributed by atoms with Crippen LogP contribution in [0.1, 0.15) is 11.8 Å². The Morgan fingerprint density at radius 2 is 2.33 bits per heavy atom. The summed E-state index contributed by atoms with van der Waals surface area (Å²) in [4.78, 5) is 11.3. The lowest BCUT2D eigenvalue weighted by molar-refractivity contribution is -0.142. The van der Waals surface area contributed by atoms with Gasteiger partial charge in [0.2, 0.25) is 0 Å². The molecule has 0 unspecified atom stereocenters. The largest absolute Gasteiger partial charge is 0.480 e. The molecule has 3 nitrogen and oxygen atoms in total. The molecule has 1 atom stereocenters. The molecule has 0 aliphatic heterocycles. The van der Waals surface area contributed by atoms with E-state index in [1.165, 1.54) is 18.3 Å². The van der Waals surface area contributed by atoms with Crippen LogP contribution in [0.25, 0.3) is 0 Å². The minimum absolute atomic E-state index is 0.641. The maximum absolute atomic E-state index is 10.7. The molecule has 0 saturated heterocycles. The molecular formula is C7H8BrNO2S. The summed E-state index contributed by atoms with van der Waals surface area (Å²) >= 11 is 4.58. The van der Waals surface area contributed by atoms with Crippen LogP contribution in [0.5, 0.6) is 0 Å². The van der Waals surface area contributed by atoms with Gasteiger partial charge in [0.25, 0.3) is 0 Å². The molecule has 0 fully saturated rings. The Hall–Kier alpha value is -0.390. The van der Waals surface area contributed by atoms with Gasteiger partial charge >= 0.3 is 5.97 Å². The monoisotopic (exact) mass is 249 g/mol. The van der Waals surface area contributed by atoms with Crippen LogP contribution in [-0.4, -0.2) is 11.1 Å². The van der Waals surface area contributed by atoms with E-state index >= 15 is 0 Å². The third-order valence-electron chi connectivity index (χ3n) is 1.53. The van der Waals surface area contributed by atoms with Crippen molar-refractivity contribution in [2.45, 2.75) is 12.5 Å². The summed E-state index contributed by atoms with van der Waals surface area (Å²) in [6, 6.07) is 3.50. The fraction of sp³-hybridized carbons (Fsp3) is 0.286. The van der Waals surface area contributed by atoms with Crippen molar-refractivity contribution in [2.24, 2.45) is 5.73 Å². The van der Waals surface area contributed by atoms with Crippen LogP contribution < -0.4 is 5.73 Å². The quantitative estimate of drug-likeness (QED) is 0.840. The molecular weight excluding hydrogens is 242 g/mol. The van der Waals surface area contributed by atoms with Crippen molar-refractivity contribution >= 4 is 33.2 Å². The van der Waals surface area contributed by atoms with Crippen LogP contribution in [0.15, 0.2) is 15.9 Å².